The molecule has 3 nitrogen and oxygen atoms in total. The van der Waals surface area contributed by atoms with Crippen molar-refractivity contribution in [1.29, 1.82) is 0 Å². The van der Waals surface area contributed by atoms with Crippen LogP contribution in [0.5, 0.6) is 5.88 Å². The van der Waals surface area contributed by atoms with Gasteiger partial charge in [-0.05, 0) is 19.9 Å². The standard InChI is InChI=1S/C8H11NO2/c1-5-4-7(6(2)10)8(11)9(5)3/h4,11H,1-3H3. The first-order valence-corrected chi connectivity index (χ1v) is 3.40. The summed E-state index contributed by atoms with van der Waals surface area (Å²) < 4.78 is 1.58. The Morgan fingerprint density at radius 2 is 2.18 bits per heavy atom. The third-order valence-corrected chi connectivity index (χ3v) is 1.82. The van der Waals surface area contributed by atoms with E-state index in [-0.39, 0.29) is 11.7 Å². The summed E-state index contributed by atoms with van der Waals surface area (Å²) in [5.41, 5.74) is 1.28. The van der Waals surface area contributed by atoms with E-state index >= 15 is 0 Å². The summed E-state index contributed by atoms with van der Waals surface area (Å²) in [6.07, 6.45) is 0. The zero-order valence-corrected chi connectivity index (χ0v) is 6.88. The van der Waals surface area contributed by atoms with E-state index in [0.717, 1.165) is 5.69 Å². The molecule has 0 spiro atoms. The smallest absolute Gasteiger partial charge is 0.202 e. The Morgan fingerprint density at radius 1 is 1.64 bits per heavy atom. The summed E-state index contributed by atoms with van der Waals surface area (Å²) in [6, 6.07) is 1.68. The van der Waals surface area contributed by atoms with Crippen LogP contribution >= 0.6 is 0 Å². The first kappa shape index (κ1) is 7.85. The average Bonchev–Trinajstić information content (AvgIpc) is 2.17. The molecule has 0 unspecified atom stereocenters. The normalized spacial score (nSPS) is 10.1. The van der Waals surface area contributed by atoms with Crippen LogP contribution in [0.2, 0.25) is 0 Å². The van der Waals surface area contributed by atoms with Crippen LogP contribution in [0.25, 0.3) is 0 Å². The van der Waals surface area contributed by atoms with Gasteiger partial charge in [-0.2, -0.15) is 0 Å². The monoisotopic (exact) mass is 153 g/mol. The fraction of sp³-hybridized carbons (Fsp3) is 0.375. The molecule has 0 saturated carbocycles. The Hall–Kier alpha value is -1.25. The van der Waals surface area contributed by atoms with E-state index in [1.54, 1.807) is 17.7 Å². The van der Waals surface area contributed by atoms with E-state index in [0.29, 0.717) is 5.56 Å². The van der Waals surface area contributed by atoms with Crippen molar-refractivity contribution in [3.63, 3.8) is 0 Å². The van der Waals surface area contributed by atoms with Crippen LogP contribution in [0.3, 0.4) is 0 Å². The molecular weight excluding hydrogens is 142 g/mol. The molecule has 0 aliphatic carbocycles. The second kappa shape index (κ2) is 2.42. The molecule has 0 aromatic carbocycles. The lowest BCUT2D eigenvalue weighted by atomic mass is 10.2. The molecule has 0 aliphatic rings. The number of aromatic hydroxyl groups is 1. The third-order valence-electron chi connectivity index (χ3n) is 1.82. The van der Waals surface area contributed by atoms with Gasteiger partial charge in [0.25, 0.3) is 0 Å². The first-order valence-electron chi connectivity index (χ1n) is 3.40. The van der Waals surface area contributed by atoms with Crippen LogP contribution in [-0.4, -0.2) is 15.5 Å². The number of rotatable bonds is 1. The zero-order valence-electron chi connectivity index (χ0n) is 6.88. The first-order chi connectivity index (χ1) is 5.04. The van der Waals surface area contributed by atoms with Crippen molar-refractivity contribution in [2.75, 3.05) is 0 Å². The van der Waals surface area contributed by atoms with Gasteiger partial charge in [0.2, 0.25) is 5.88 Å². The van der Waals surface area contributed by atoms with Gasteiger partial charge in [0.1, 0.15) is 0 Å². The van der Waals surface area contributed by atoms with Crippen molar-refractivity contribution in [1.82, 2.24) is 4.57 Å². The minimum Gasteiger partial charge on any atom is -0.494 e. The minimum atomic E-state index is -0.105. The topological polar surface area (TPSA) is 42.2 Å². The highest BCUT2D eigenvalue weighted by molar-refractivity contribution is 5.96. The maximum atomic E-state index is 10.9. The van der Waals surface area contributed by atoms with E-state index in [1.807, 2.05) is 6.92 Å². The molecule has 3 heteroatoms. The Balaban J connectivity index is 3.29. The van der Waals surface area contributed by atoms with Crippen LogP contribution in [-0.2, 0) is 7.05 Å². The number of aryl methyl sites for hydroxylation is 1. The molecule has 0 bridgehead atoms. The summed E-state index contributed by atoms with van der Waals surface area (Å²) >= 11 is 0. The highest BCUT2D eigenvalue weighted by Gasteiger charge is 2.11. The SMILES string of the molecule is CC(=O)c1cc(C)n(C)c1O. The van der Waals surface area contributed by atoms with Crippen LogP contribution in [0, 0.1) is 6.92 Å². The predicted octanol–water partition coefficient (Wildman–Crippen LogP) is 1.24. The number of carbonyl (C=O) groups is 1. The Kier molecular flexibility index (Phi) is 1.72. The lowest BCUT2D eigenvalue weighted by Crippen LogP contribution is -1.91. The van der Waals surface area contributed by atoms with Crippen molar-refractivity contribution < 1.29 is 9.90 Å². The molecule has 0 atom stereocenters. The molecule has 0 saturated heterocycles. The van der Waals surface area contributed by atoms with Gasteiger partial charge in [-0.3, -0.25) is 4.79 Å². The van der Waals surface area contributed by atoms with Gasteiger partial charge in [-0.1, -0.05) is 0 Å². The second-order valence-corrected chi connectivity index (χ2v) is 2.64. The number of aromatic nitrogens is 1. The quantitative estimate of drug-likeness (QED) is 0.617. The lowest BCUT2D eigenvalue weighted by Gasteiger charge is -1.96. The van der Waals surface area contributed by atoms with Gasteiger partial charge < -0.3 is 9.67 Å². The third kappa shape index (κ3) is 1.13. The Bertz CT molecular complexity index is 299. The van der Waals surface area contributed by atoms with E-state index in [2.05, 4.69) is 0 Å². The van der Waals surface area contributed by atoms with Gasteiger partial charge in [-0.15, -0.1) is 0 Å². The summed E-state index contributed by atoms with van der Waals surface area (Å²) in [7, 11) is 1.72. The van der Waals surface area contributed by atoms with E-state index in [9.17, 15) is 9.90 Å². The summed E-state index contributed by atoms with van der Waals surface area (Å²) in [4.78, 5) is 10.9. The number of Topliss-reactive ketones (excluding diaryl/α,β-unsaturated/α-hetero) is 1. The molecule has 0 aliphatic heterocycles. The molecule has 1 rings (SSSR count). The van der Waals surface area contributed by atoms with Crippen LogP contribution < -0.4 is 0 Å². The summed E-state index contributed by atoms with van der Waals surface area (Å²) in [5, 5.41) is 9.33. The van der Waals surface area contributed by atoms with Crippen molar-refractivity contribution in [3.8, 4) is 5.88 Å². The molecular formula is C8H11NO2. The largest absolute Gasteiger partial charge is 0.494 e. The number of hydrogen-bond donors (Lipinski definition) is 1. The predicted molar refractivity (Wildman–Crippen MR) is 41.8 cm³/mol. The molecule has 1 heterocycles. The molecule has 0 radical (unpaired) electrons. The molecule has 0 amide bonds. The van der Waals surface area contributed by atoms with Gasteiger partial charge in [-0.25, -0.2) is 0 Å². The highest BCUT2D eigenvalue weighted by atomic mass is 16.3. The average molecular weight is 153 g/mol. The fourth-order valence-electron chi connectivity index (χ4n) is 0.977. The Labute approximate surface area is 65.3 Å². The van der Waals surface area contributed by atoms with Crippen LogP contribution in [0.4, 0.5) is 0 Å². The zero-order chi connectivity index (χ0) is 8.59. The van der Waals surface area contributed by atoms with Gasteiger partial charge in [0.15, 0.2) is 5.78 Å². The van der Waals surface area contributed by atoms with Crippen LogP contribution in [0.15, 0.2) is 6.07 Å². The number of ketones is 1. The molecule has 0 fully saturated rings. The maximum Gasteiger partial charge on any atom is 0.202 e. The van der Waals surface area contributed by atoms with Crippen LogP contribution in [0.1, 0.15) is 23.0 Å². The number of nitrogens with zero attached hydrogens (tertiary/aromatic N) is 1. The lowest BCUT2D eigenvalue weighted by molar-refractivity contribution is 0.101. The van der Waals surface area contributed by atoms with E-state index < -0.39 is 0 Å². The summed E-state index contributed by atoms with van der Waals surface area (Å²) in [6.45, 7) is 3.28. The van der Waals surface area contributed by atoms with Crippen molar-refractivity contribution >= 4 is 5.78 Å². The van der Waals surface area contributed by atoms with E-state index in [1.165, 1.54) is 6.92 Å². The van der Waals surface area contributed by atoms with Gasteiger partial charge in [0, 0.05) is 12.7 Å². The van der Waals surface area contributed by atoms with Crippen molar-refractivity contribution in [3.05, 3.63) is 17.3 Å². The van der Waals surface area contributed by atoms with E-state index in [4.69, 9.17) is 0 Å². The number of carbonyl (C=O) groups excluding carboxylic acids is 1. The minimum absolute atomic E-state index is 0.0509. The molecule has 1 aromatic heterocycles. The molecule has 60 valence electrons. The molecule has 1 N–H and O–H groups in total. The second-order valence-electron chi connectivity index (χ2n) is 2.64. The number of hydrogen-bond acceptors (Lipinski definition) is 2. The summed E-state index contributed by atoms with van der Waals surface area (Å²) in [5.74, 6) is -0.0544. The highest BCUT2D eigenvalue weighted by Crippen LogP contribution is 2.20. The fourth-order valence-corrected chi connectivity index (χ4v) is 0.977. The maximum absolute atomic E-state index is 10.9. The van der Waals surface area contributed by atoms with Gasteiger partial charge in [0.05, 0.1) is 5.56 Å². The van der Waals surface area contributed by atoms with Crippen molar-refractivity contribution in [2.45, 2.75) is 13.8 Å². The van der Waals surface area contributed by atoms with Crippen molar-refractivity contribution in [2.24, 2.45) is 7.05 Å². The van der Waals surface area contributed by atoms with Gasteiger partial charge >= 0.3 is 0 Å². The Morgan fingerprint density at radius 3 is 2.36 bits per heavy atom. The molecule has 1 aromatic rings. The molecule has 11 heavy (non-hydrogen) atoms.